The number of carbonyl (C=O) groups excluding carboxylic acids is 1. The van der Waals surface area contributed by atoms with Gasteiger partial charge < -0.3 is 21.5 Å². The van der Waals surface area contributed by atoms with Gasteiger partial charge in [0.1, 0.15) is 14.8 Å². The van der Waals surface area contributed by atoms with E-state index < -0.39 is 15.7 Å². The van der Waals surface area contributed by atoms with Crippen LogP contribution >= 0.6 is 11.3 Å². The van der Waals surface area contributed by atoms with E-state index in [4.69, 9.17) is 16.2 Å². The van der Waals surface area contributed by atoms with E-state index in [1.54, 1.807) is 0 Å². The van der Waals surface area contributed by atoms with Gasteiger partial charge in [-0.05, 0) is 6.92 Å². The van der Waals surface area contributed by atoms with Crippen molar-refractivity contribution in [3.8, 4) is 0 Å². The monoisotopic (exact) mass is 307 g/mol. The number of thiophene rings is 1. The lowest BCUT2D eigenvalue weighted by molar-refractivity contribution is 0.100. The van der Waals surface area contributed by atoms with Gasteiger partial charge in [-0.2, -0.15) is 0 Å². The standard InChI is InChI=1S/C10H17N3O4S2/c1-3-17-5-4-13-10-8(19(2,15)16)6(11)7(18-10)9(12)14/h13H,3-5,11H2,1-2H3,(H2,12,14). The van der Waals surface area contributed by atoms with Gasteiger partial charge in [0.25, 0.3) is 5.91 Å². The summed E-state index contributed by atoms with van der Waals surface area (Å²) in [6.07, 6.45) is 1.03. The van der Waals surface area contributed by atoms with Crippen LogP contribution in [0.3, 0.4) is 0 Å². The lowest BCUT2D eigenvalue weighted by Gasteiger charge is -2.06. The normalized spacial score (nSPS) is 11.5. The van der Waals surface area contributed by atoms with Crippen molar-refractivity contribution < 1.29 is 17.9 Å². The number of ether oxygens (including phenoxy) is 1. The summed E-state index contributed by atoms with van der Waals surface area (Å²) in [7, 11) is -3.55. The zero-order valence-electron chi connectivity index (χ0n) is 10.7. The van der Waals surface area contributed by atoms with Gasteiger partial charge in [-0.25, -0.2) is 8.42 Å². The van der Waals surface area contributed by atoms with Gasteiger partial charge in [0.2, 0.25) is 0 Å². The van der Waals surface area contributed by atoms with Gasteiger partial charge in [-0.15, -0.1) is 11.3 Å². The number of hydrogen-bond donors (Lipinski definition) is 3. The first-order valence-electron chi connectivity index (χ1n) is 5.52. The van der Waals surface area contributed by atoms with Gasteiger partial charge in [-0.1, -0.05) is 0 Å². The highest BCUT2D eigenvalue weighted by Gasteiger charge is 2.25. The predicted octanol–water partition coefficient (Wildman–Crippen LogP) is 0.281. The van der Waals surface area contributed by atoms with Crippen molar-refractivity contribution in [1.82, 2.24) is 0 Å². The number of carbonyl (C=O) groups is 1. The average molecular weight is 307 g/mol. The van der Waals surface area contributed by atoms with Crippen molar-refractivity contribution in [3.63, 3.8) is 0 Å². The van der Waals surface area contributed by atoms with Crippen LogP contribution in [0.25, 0.3) is 0 Å². The van der Waals surface area contributed by atoms with E-state index >= 15 is 0 Å². The second-order valence-electron chi connectivity index (χ2n) is 3.76. The Labute approximate surface area is 115 Å². The molecule has 19 heavy (non-hydrogen) atoms. The van der Waals surface area contributed by atoms with E-state index in [1.807, 2.05) is 6.92 Å². The molecule has 0 fully saturated rings. The number of nitrogens with two attached hydrogens (primary N) is 2. The van der Waals surface area contributed by atoms with Gasteiger partial charge in [0.05, 0.1) is 12.3 Å². The van der Waals surface area contributed by atoms with Crippen molar-refractivity contribution in [2.24, 2.45) is 5.73 Å². The van der Waals surface area contributed by atoms with Crippen molar-refractivity contribution >= 4 is 37.8 Å². The smallest absolute Gasteiger partial charge is 0.261 e. The minimum atomic E-state index is -3.55. The number of nitrogen functional groups attached to an aromatic ring is 1. The molecule has 1 aromatic rings. The molecule has 5 N–H and O–H groups in total. The molecule has 1 aromatic heterocycles. The highest BCUT2D eigenvalue weighted by Crippen LogP contribution is 2.38. The molecule has 0 atom stereocenters. The van der Waals surface area contributed by atoms with Crippen LogP contribution in [0.1, 0.15) is 16.6 Å². The summed E-state index contributed by atoms with van der Waals surface area (Å²) in [5.41, 5.74) is 10.7. The molecule has 1 amide bonds. The van der Waals surface area contributed by atoms with Gasteiger partial charge >= 0.3 is 0 Å². The zero-order chi connectivity index (χ0) is 14.6. The molecule has 7 nitrogen and oxygen atoms in total. The SMILES string of the molecule is CCOCCNc1sc(C(N)=O)c(N)c1S(C)(=O)=O. The Morgan fingerprint density at radius 3 is 2.58 bits per heavy atom. The van der Waals surface area contributed by atoms with Crippen LogP contribution in [-0.2, 0) is 14.6 Å². The quantitative estimate of drug-likeness (QED) is 0.621. The summed E-state index contributed by atoms with van der Waals surface area (Å²) in [4.78, 5) is 11.2. The maximum Gasteiger partial charge on any atom is 0.261 e. The Morgan fingerprint density at radius 2 is 2.11 bits per heavy atom. The maximum absolute atomic E-state index is 11.7. The number of anilines is 2. The molecule has 0 bridgehead atoms. The fourth-order valence-corrected chi connectivity index (χ4v) is 3.93. The van der Waals surface area contributed by atoms with Crippen LogP contribution in [0.15, 0.2) is 4.90 Å². The Hall–Kier alpha value is -1.32. The molecule has 1 rings (SSSR count). The van der Waals surface area contributed by atoms with Crippen molar-refractivity contribution in [2.75, 3.05) is 37.1 Å². The number of nitrogens with one attached hydrogen (secondary N) is 1. The lowest BCUT2D eigenvalue weighted by atomic mass is 10.4. The lowest BCUT2D eigenvalue weighted by Crippen LogP contribution is -2.12. The molecule has 0 unspecified atom stereocenters. The zero-order valence-corrected chi connectivity index (χ0v) is 12.4. The minimum absolute atomic E-state index is 0.0411. The highest BCUT2D eigenvalue weighted by molar-refractivity contribution is 7.91. The third-order valence-electron chi connectivity index (χ3n) is 2.23. The first kappa shape index (κ1) is 15.7. The van der Waals surface area contributed by atoms with E-state index in [-0.39, 0.29) is 15.5 Å². The summed E-state index contributed by atoms with van der Waals surface area (Å²) >= 11 is 0.934. The van der Waals surface area contributed by atoms with E-state index in [9.17, 15) is 13.2 Å². The Kier molecular flexibility index (Phi) is 5.15. The number of amides is 1. The summed E-state index contributed by atoms with van der Waals surface area (Å²) in [5, 5.41) is 3.21. The summed E-state index contributed by atoms with van der Waals surface area (Å²) in [6.45, 7) is 3.26. The summed E-state index contributed by atoms with van der Waals surface area (Å²) < 4.78 is 28.5. The van der Waals surface area contributed by atoms with Gasteiger partial charge in [-0.3, -0.25) is 4.79 Å². The molecular formula is C10H17N3O4S2. The number of sulfone groups is 1. The highest BCUT2D eigenvalue weighted by atomic mass is 32.2. The first-order valence-corrected chi connectivity index (χ1v) is 8.23. The fraction of sp³-hybridized carbons (Fsp3) is 0.500. The molecule has 0 aliphatic carbocycles. The average Bonchev–Trinajstić information content (AvgIpc) is 2.61. The van der Waals surface area contributed by atoms with E-state index in [1.165, 1.54) is 0 Å². The van der Waals surface area contributed by atoms with E-state index in [0.29, 0.717) is 24.8 Å². The van der Waals surface area contributed by atoms with E-state index in [0.717, 1.165) is 17.6 Å². The molecule has 0 aromatic carbocycles. The molecule has 0 aliphatic heterocycles. The number of hydrogen-bond acceptors (Lipinski definition) is 7. The third-order valence-corrected chi connectivity index (χ3v) is 4.70. The molecular weight excluding hydrogens is 290 g/mol. The molecule has 1 heterocycles. The van der Waals surface area contributed by atoms with Crippen molar-refractivity contribution in [2.45, 2.75) is 11.8 Å². The third kappa shape index (κ3) is 3.82. The van der Waals surface area contributed by atoms with E-state index in [2.05, 4.69) is 5.32 Å². The minimum Gasteiger partial charge on any atom is -0.396 e. The molecule has 9 heteroatoms. The van der Waals surface area contributed by atoms with Crippen LogP contribution in [-0.4, -0.2) is 40.3 Å². The fourth-order valence-electron chi connectivity index (χ4n) is 1.48. The van der Waals surface area contributed by atoms with Crippen LogP contribution in [0.5, 0.6) is 0 Å². The maximum atomic E-state index is 11.7. The molecule has 0 aliphatic rings. The number of primary amides is 1. The second kappa shape index (κ2) is 6.22. The largest absolute Gasteiger partial charge is 0.396 e. The Morgan fingerprint density at radius 1 is 1.47 bits per heavy atom. The number of rotatable bonds is 7. The molecule has 0 radical (unpaired) electrons. The second-order valence-corrected chi connectivity index (χ2v) is 6.74. The molecule has 0 saturated heterocycles. The van der Waals surface area contributed by atoms with Crippen molar-refractivity contribution in [3.05, 3.63) is 4.88 Å². The van der Waals surface area contributed by atoms with Crippen LogP contribution in [0, 0.1) is 0 Å². The Balaban J connectivity index is 3.08. The Bertz CT molecular complexity index is 566. The predicted molar refractivity (Wildman–Crippen MR) is 75.3 cm³/mol. The topological polar surface area (TPSA) is 125 Å². The van der Waals surface area contributed by atoms with Crippen molar-refractivity contribution in [1.29, 1.82) is 0 Å². The van der Waals surface area contributed by atoms with Crippen LogP contribution < -0.4 is 16.8 Å². The summed E-state index contributed by atoms with van der Waals surface area (Å²) in [5.74, 6) is -0.745. The molecule has 0 spiro atoms. The van der Waals surface area contributed by atoms with Gasteiger partial charge in [0.15, 0.2) is 9.84 Å². The van der Waals surface area contributed by atoms with Crippen LogP contribution in [0.4, 0.5) is 10.7 Å². The van der Waals surface area contributed by atoms with Gasteiger partial charge in [0, 0.05) is 19.4 Å². The van der Waals surface area contributed by atoms with Crippen LogP contribution in [0.2, 0.25) is 0 Å². The summed E-state index contributed by atoms with van der Waals surface area (Å²) in [6, 6.07) is 0. The molecule has 108 valence electrons. The molecule has 0 saturated carbocycles. The first-order chi connectivity index (χ1) is 8.79.